The first kappa shape index (κ1) is 38.7. The van der Waals surface area contributed by atoms with E-state index in [1.165, 1.54) is 11.3 Å². The predicted octanol–water partition coefficient (Wildman–Crippen LogP) is 5.36. The van der Waals surface area contributed by atoms with Crippen molar-refractivity contribution in [2.45, 2.75) is 51.9 Å². The molecule has 2 aromatic heterocycles. The molecule has 0 saturated carbocycles. The van der Waals surface area contributed by atoms with Crippen LogP contribution in [0.2, 0.25) is 5.02 Å². The zero-order valence-corrected chi connectivity index (χ0v) is 33.8. The molecule has 1 unspecified atom stereocenters. The Morgan fingerprint density at radius 1 is 0.965 bits per heavy atom. The van der Waals surface area contributed by atoms with Gasteiger partial charge in [-0.15, -0.1) is 0 Å². The number of piperazine rings is 1. The lowest BCUT2D eigenvalue weighted by molar-refractivity contribution is -0.145. The van der Waals surface area contributed by atoms with E-state index < -0.39 is 0 Å². The van der Waals surface area contributed by atoms with Crippen LogP contribution in [0.3, 0.4) is 0 Å². The number of thiazole rings is 1. The Kier molecular flexibility index (Phi) is 11.1. The average molecular weight is 811 g/mol. The molecule has 3 N–H and O–H groups in total. The number of aromatic nitrogens is 3. The van der Waals surface area contributed by atoms with Crippen LogP contribution in [-0.2, 0) is 14.4 Å². The third-order valence-electron chi connectivity index (χ3n) is 11.4. The summed E-state index contributed by atoms with van der Waals surface area (Å²) in [6.45, 7) is 11.8. The van der Waals surface area contributed by atoms with Crippen molar-refractivity contribution in [1.29, 1.82) is 0 Å². The Morgan fingerprint density at radius 3 is 2.47 bits per heavy atom. The second-order valence-corrected chi connectivity index (χ2v) is 17.1. The molecule has 6 heterocycles. The van der Waals surface area contributed by atoms with Crippen LogP contribution in [0.15, 0.2) is 54.7 Å². The van der Waals surface area contributed by atoms with E-state index in [9.17, 15) is 19.2 Å². The average Bonchev–Trinajstić information content (AvgIpc) is 3.63. The highest BCUT2D eigenvalue weighted by Gasteiger charge is 2.53. The van der Waals surface area contributed by atoms with Crippen LogP contribution >= 0.6 is 22.9 Å². The summed E-state index contributed by atoms with van der Waals surface area (Å²) in [5.41, 5.74) is 3.74. The van der Waals surface area contributed by atoms with Crippen LogP contribution in [0.1, 0.15) is 64.6 Å². The maximum Gasteiger partial charge on any atom is 0.267 e. The van der Waals surface area contributed by atoms with Crippen molar-refractivity contribution >= 4 is 74.7 Å². The monoisotopic (exact) mass is 810 g/mol. The van der Waals surface area contributed by atoms with Gasteiger partial charge in [0, 0.05) is 82.4 Å². The number of piperidine rings is 1. The standard InChI is InChI=1S/C41H47ClN10O4S/c1-26-6-5-7-31(42)37(26)48-39(56)32-21-43-40(57-32)46-33-20-34(45-27(2)44-33)50-18-16-49(17-19-50)15-4-3-8-36(54)52-24-41(25-52)22-51(23-41)29-11-9-28(10-12-29)30-13-14-35(53)47-38(30)55/h5-7,9-12,20-21,30H,3-4,8,13-19,22-25H2,1-2H3,(H,48,56)(H,47,53,55)(H,43,44,45,46). The number of benzene rings is 2. The zero-order valence-electron chi connectivity index (χ0n) is 32.2. The Balaban J connectivity index is 0.725. The van der Waals surface area contributed by atoms with Crippen molar-refractivity contribution in [3.8, 4) is 0 Å². The van der Waals surface area contributed by atoms with E-state index >= 15 is 0 Å². The largest absolute Gasteiger partial charge is 0.370 e. The van der Waals surface area contributed by atoms with Crippen molar-refractivity contribution < 1.29 is 19.2 Å². The number of halogens is 1. The topological polar surface area (TPSA) is 156 Å². The summed E-state index contributed by atoms with van der Waals surface area (Å²) in [4.78, 5) is 72.8. The van der Waals surface area contributed by atoms with Crippen LogP contribution in [-0.4, -0.2) is 107 Å². The van der Waals surface area contributed by atoms with Gasteiger partial charge in [-0.3, -0.25) is 29.4 Å². The van der Waals surface area contributed by atoms with E-state index in [0.29, 0.717) is 51.6 Å². The molecule has 4 fully saturated rings. The molecule has 57 heavy (non-hydrogen) atoms. The Bertz CT molecular complexity index is 2140. The highest BCUT2D eigenvalue weighted by atomic mass is 35.5. The normalized spacial score (nSPS) is 19.2. The fourth-order valence-corrected chi connectivity index (χ4v) is 9.26. The number of nitrogens with one attached hydrogen (secondary N) is 3. The number of amides is 4. The van der Waals surface area contributed by atoms with Crippen LogP contribution in [0.4, 0.5) is 28.1 Å². The molecule has 298 valence electrons. The molecule has 4 aliphatic heterocycles. The zero-order chi connectivity index (χ0) is 39.7. The summed E-state index contributed by atoms with van der Waals surface area (Å²) in [6, 6.07) is 15.5. The van der Waals surface area contributed by atoms with Gasteiger partial charge in [0.25, 0.3) is 5.91 Å². The fourth-order valence-electron chi connectivity index (χ4n) is 8.27. The number of rotatable bonds is 12. The number of carbonyl (C=O) groups is 4. The van der Waals surface area contributed by atoms with Crippen molar-refractivity contribution in [2.24, 2.45) is 5.41 Å². The minimum Gasteiger partial charge on any atom is -0.370 e. The number of nitrogens with zero attached hydrogens (tertiary/aromatic N) is 7. The number of hydrogen-bond acceptors (Lipinski definition) is 12. The highest BCUT2D eigenvalue weighted by molar-refractivity contribution is 7.17. The van der Waals surface area contributed by atoms with Crippen molar-refractivity contribution in [3.63, 3.8) is 0 Å². The maximum atomic E-state index is 13.0. The van der Waals surface area contributed by atoms with E-state index in [4.69, 9.17) is 16.6 Å². The number of hydrogen-bond donors (Lipinski definition) is 3. The van der Waals surface area contributed by atoms with Gasteiger partial charge in [0.05, 0.1) is 22.8 Å². The van der Waals surface area contributed by atoms with E-state index in [0.717, 1.165) is 94.4 Å². The lowest BCUT2D eigenvalue weighted by Gasteiger charge is -2.61. The van der Waals surface area contributed by atoms with Gasteiger partial charge >= 0.3 is 0 Å². The molecule has 0 radical (unpaired) electrons. The second-order valence-electron chi connectivity index (χ2n) is 15.7. The van der Waals surface area contributed by atoms with Gasteiger partial charge in [-0.25, -0.2) is 15.0 Å². The molecular formula is C41H47ClN10O4S. The predicted molar refractivity (Wildman–Crippen MR) is 222 cm³/mol. The van der Waals surface area contributed by atoms with Gasteiger partial charge in [-0.2, -0.15) is 0 Å². The lowest BCUT2D eigenvalue weighted by atomic mass is 9.72. The van der Waals surface area contributed by atoms with Crippen molar-refractivity contribution in [1.82, 2.24) is 30.1 Å². The third kappa shape index (κ3) is 8.75. The summed E-state index contributed by atoms with van der Waals surface area (Å²) in [6.07, 6.45) is 4.93. The summed E-state index contributed by atoms with van der Waals surface area (Å²) < 4.78 is 0. The fraction of sp³-hybridized carbons (Fsp3) is 0.439. The Labute approximate surface area is 341 Å². The summed E-state index contributed by atoms with van der Waals surface area (Å²) in [5.74, 6) is 1.42. The molecule has 0 bridgehead atoms. The van der Waals surface area contributed by atoms with E-state index in [-0.39, 0.29) is 35.0 Å². The molecule has 8 rings (SSSR count). The van der Waals surface area contributed by atoms with Crippen LogP contribution in [0, 0.1) is 19.3 Å². The second kappa shape index (κ2) is 16.4. The van der Waals surface area contributed by atoms with Gasteiger partial charge < -0.3 is 25.3 Å². The molecule has 1 atom stereocenters. The van der Waals surface area contributed by atoms with Gasteiger partial charge in [0.2, 0.25) is 17.7 Å². The Hall–Kier alpha value is -5.12. The number of para-hydroxylation sites is 1. The van der Waals surface area contributed by atoms with Gasteiger partial charge in [0.15, 0.2) is 5.13 Å². The molecule has 14 nitrogen and oxygen atoms in total. The SMILES string of the molecule is Cc1nc(Nc2ncc(C(=O)Nc3c(C)cccc3Cl)s2)cc(N2CCN(CCCCC(=O)N3CC4(C3)CN(c3ccc(C5CCC(=O)NC5=O)cc3)C4)CC2)n1. The molecular weight excluding hydrogens is 764 g/mol. The van der Waals surface area contributed by atoms with Gasteiger partial charge in [0.1, 0.15) is 22.3 Å². The number of unbranched alkanes of at least 4 members (excludes halogenated alkanes) is 1. The number of aryl methyl sites for hydroxylation is 2. The minimum atomic E-state index is -0.276. The summed E-state index contributed by atoms with van der Waals surface area (Å²) in [7, 11) is 0. The first-order valence-corrected chi connectivity index (χ1v) is 20.8. The molecule has 1 spiro atoms. The number of carbonyl (C=O) groups excluding carboxylic acids is 4. The number of anilines is 5. The van der Waals surface area contributed by atoms with Crippen molar-refractivity contribution in [2.75, 3.05) is 79.3 Å². The van der Waals surface area contributed by atoms with Crippen LogP contribution in [0.5, 0.6) is 0 Å². The smallest absolute Gasteiger partial charge is 0.267 e. The number of imide groups is 1. The molecule has 16 heteroatoms. The molecule has 4 aliphatic rings. The van der Waals surface area contributed by atoms with Crippen molar-refractivity contribution in [3.05, 3.63) is 81.6 Å². The quantitative estimate of drug-likeness (QED) is 0.125. The minimum absolute atomic E-state index is 0.191. The molecule has 4 saturated heterocycles. The van der Waals surface area contributed by atoms with Crippen LogP contribution < -0.4 is 25.8 Å². The van der Waals surface area contributed by atoms with Gasteiger partial charge in [-0.05, 0) is 69.0 Å². The first-order chi connectivity index (χ1) is 27.5. The van der Waals surface area contributed by atoms with E-state index in [2.05, 4.69) is 52.8 Å². The third-order valence-corrected chi connectivity index (χ3v) is 12.6. The van der Waals surface area contributed by atoms with Gasteiger partial charge in [-0.1, -0.05) is 47.2 Å². The molecule has 4 amide bonds. The first-order valence-electron chi connectivity index (χ1n) is 19.6. The van der Waals surface area contributed by atoms with Crippen LogP contribution in [0.25, 0.3) is 0 Å². The highest BCUT2D eigenvalue weighted by Crippen LogP contribution is 2.42. The molecule has 0 aliphatic carbocycles. The summed E-state index contributed by atoms with van der Waals surface area (Å²) >= 11 is 7.53. The van der Waals surface area contributed by atoms with E-state index in [1.807, 2.05) is 49.1 Å². The molecule has 2 aromatic carbocycles. The lowest BCUT2D eigenvalue weighted by Crippen LogP contribution is -2.73. The maximum absolute atomic E-state index is 13.0. The Morgan fingerprint density at radius 2 is 1.74 bits per heavy atom. The number of likely N-dealkylation sites (tertiary alicyclic amines) is 1. The van der Waals surface area contributed by atoms with E-state index in [1.54, 1.807) is 12.3 Å². The molecule has 4 aromatic rings. The summed E-state index contributed by atoms with van der Waals surface area (Å²) in [5, 5.41) is 9.62.